The molecule has 0 aliphatic carbocycles. The second-order valence-corrected chi connectivity index (χ2v) is 3.83. The molecule has 2 rings (SSSR count). The summed E-state index contributed by atoms with van der Waals surface area (Å²) in [4.78, 5) is 4.24. The molecule has 0 saturated heterocycles. The van der Waals surface area contributed by atoms with Crippen molar-refractivity contribution in [1.82, 2.24) is 14.6 Å². The summed E-state index contributed by atoms with van der Waals surface area (Å²) in [6.45, 7) is 4.40. The fourth-order valence-corrected chi connectivity index (χ4v) is 1.54. The van der Waals surface area contributed by atoms with Gasteiger partial charge in [-0.15, -0.1) is 0 Å². The highest BCUT2D eigenvalue weighted by atomic mass is 16.3. The molecule has 0 fully saturated rings. The number of fused-ring (bicyclic) bond motifs is 1. The summed E-state index contributed by atoms with van der Waals surface area (Å²) in [5, 5.41) is 16.9. The van der Waals surface area contributed by atoms with E-state index in [1.165, 1.54) is 0 Å². The van der Waals surface area contributed by atoms with E-state index in [4.69, 9.17) is 0 Å². The quantitative estimate of drug-likeness (QED) is 0.813. The summed E-state index contributed by atoms with van der Waals surface area (Å²) >= 11 is 0. The van der Waals surface area contributed by atoms with E-state index >= 15 is 0 Å². The van der Waals surface area contributed by atoms with Gasteiger partial charge in [-0.3, -0.25) is 0 Å². The van der Waals surface area contributed by atoms with Crippen LogP contribution in [-0.2, 0) is 0 Å². The molecule has 1 unspecified atom stereocenters. The molecule has 0 saturated carbocycles. The summed E-state index contributed by atoms with van der Waals surface area (Å²) in [6, 6.07) is 1.97. The summed E-state index contributed by atoms with van der Waals surface area (Å²) in [6.07, 6.45) is 3.89. The van der Waals surface area contributed by atoms with Gasteiger partial charge in [0.1, 0.15) is 5.52 Å². The van der Waals surface area contributed by atoms with Crippen molar-refractivity contribution < 1.29 is 5.11 Å². The molecule has 0 amide bonds. The Hall–Kier alpha value is -1.62. The van der Waals surface area contributed by atoms with Crippen LogP contribution < -0.4 is 5.32 Å². The highest BCUT2D eigenvalue weighted by Gasteiger charge is 2.06. The Morgan fingerprint density at radius 3 is 3.12 bits per heavy atom. The summed E-state index contributed by atoms with van der Waals surface area (Å²) in [7, 11) is 0. The van der Waals surface area contributed by atoms with Gasteiger partial charge in [-0.1, -0.05) is 6.92 Å². The van der Waals surface area contributed by atoms with Crippen LogP contribution in [0.1, 0.15) is 19.0 Å². The van der Waals surface area contributed by atoms with Crippen LogP contribution in [0.4, 0.5) is 5.82 Å². The van der Waals surface area contributed by atoms with E-state index in [-0.39, 0.29) is 6.10 Å². The summed E-state index contributed by atoms with van der Waals surface area (Å²) < 4.78 is 1.78. The number of aromatic nitrogens is 3. The highest BCUT2D eigenvalue weighted by molar-refractivity contribution is 5.67. The molecular formula is C11H16N4O. The summed E-state index contributed by atoms with van der Waals surface area (Å²) in [5.74, 6) is 0.760. The second kappa shape index (κ2) is 4.49. The Kier molecular flexibility index (Phi) is 3.05. The minimum Gasteiger partial charge on any atom is -0.391 e. The Labute approximate surface area is 94.1 Å². The van der Waals surface area contributed by atoms with Crippen LogP contribution >= 0.6 is 0 Å². The zero-order chi connectivity index (χ0) is 11.5. The average molecular weight is 220 g/mol. The molecule has 2 aromatic rings. The van der Waals surface area contributed by atoms with E-state index in [0.29, 0.717) is 6.54 Å². The predicted octanol–water partition coefficient (Wildman–Crippen LogP) is 1.22. The van der Waals surface area contributed by atoms with Crippen LogP contribution in [0.5, 0.6) is 0 Å². The van der Waals surface area contributed by atoms with Gasteiger partial charge >= 0.3 is 0 Å². The Morgan fingerprint density at radius 2 is 2.38 bits per heavy atom. The molecule has 5 heteroatoms. The van der Waals surface area contributed by atoms with E-state index in [1.54, 1.807) is 10.7 Å². The normalized spacial score (nSPS) is 12.9. The van der Waals surface area contributed by atoms with Crippen molar-refractivity contribution >= 4 is 11.3 Å². The zero-order valence-electron chi connectivity index (χ0n) is 9.51. The van der Waals surface area contributed by atoms with Crippen LogP contribution in [0.25, 0.3) is 5.52 Å². The minimum atomic E-state index is -0.342. The molecule has 0 aliphatic rings. The first-order chi connectivity index (χ1) is 7.70. The van der Waals surface area contributed by atoms with Gasteiger partial charge in [-0.05, 0) is 19.4 Å². The first-order valence-corrected chi connectivity index (χ1v) is 5.43. The topological polar surface area (TPSA) is 62.5 Å². The number of nitrogens with zero attached hydrogens (tertiary/aromatic N) is 3. The van der Waals surface area contributed by atoms with Crippen LogP contribution in [0, 0.1) is 6.92 Å². The van der Waals surface area contributed by atoms with Gasteiger partial charge in [-0.2, -0.15) is 5.10 Å². The second-order valence-electron chi connectivity index (χ2n) is 3.83. The predicted molar refractivity (Wildman–Crippen MR) is 62.5 cm³/mol. The van der Waals surface area contributed by atoms with Gasteiger partial charge in [0.25, 0.3) is 0 Å². The number of aryl methyl sites for hydroxylation is 1. The van der Waals surface area contributed by atoms with Crippen molar-refractivity contribution in [2.75, 3.05) is 11.9 Å². The van der Waals surface area contributed by atoms with Gasteiger partial charge in [0.2, 0.25) is 0 Å². The van der Waals surface area contributed by atoms with E-state index < -0.39 is 0 Å². The molecule has 2 N–H and O–H groups in total. The maximum atomic E-state index is 9.48. The van der Waals surface area contributed by atoms with Crippen molar-refractivity contribution in [3.05, 3.63) is 24.2 Å². The largest absolute Gasteiger partial charge is 0.391 e. The van der Waals surface area contributed by atoms with Crippen molar-refractivity contribution in [2.24, 2.45) is 0 Å². The van der Waals surface area contributed by atoms with Gasteiger partial charge in [0, 0.05) is 18.9 Å². The SMILES string of the molecule is CCC(O)CNc1nccn2nc(C)cc12. The molecule has 2 aromatic heterocycles. The van der Waals surface area contributed by atoms with Crippen LogP contribution in [0.15, 0.2) is 18.5 Å². The molecule has 2 heterocycles. The highest BCUT2D eigenvalue weighted by Crippen LogP contribution is 2.14. The smallest absolute Gasteiger partial charge is 0.152 e. The molecule has 16 heavy (non-hydrogen) atoms. The van der Waals surface area contributed by atoms with Crippen LogP contribution in [-0.4, -0.2) is 32.4 Å². The Balaban J connectivity index is 2.23. The zero-order valence-corrected chi connectivity index (χ0v) is 9.51. The molecule has 0 aliphatic heterocycles. The number of aliphatic hydroxyl groups is 1. The number of rotatable bonds is 4. The molecule has 0 radical (unpaired) electrons. The van der Waals surface area contributed by atoms with Gasteiger partial charge in [0.05, 0.1) is 11.8 Å². The number of hydrogen-bond acceptors (Lipinski definition) is 4. The van der Waals surface area contributed by atoms with Gasteiger partial charge < -0.3 is 10.4 Å². The molecule has 86 valence electrons. The lowest BCUT2D eigenvalue weighted by Crippen LogP contribution is -2.19. The maximum absolute atomic E-state index is 9.48. The lowest BCUT2D eigenvalue weighted by atomic mass is 10.3. The monoisotopic (exact) mass is 220 g/mol. The van der Waals surface area contributed by atoms with Crippen molar-refractivity contribution in [3.63, 3.8) is 0 Å². The molecule has 0 spiro atoms. The molecule has 1 atom stereocenters. The third-order valence-corrected chi connectivity index (χ3v) is 2.49. The maximum Gasteiger partial charge on any atom is 0.152 e. The lowest BCUT2D eigenvalue weighted by molar-refractivity contribution is 0.183. The molecule has 0 bridgehead atoms. The van der Waals surface area contributed by atoms with Gasteiger partial charge in [-0.25, -0.2) is 9.50 Å². The fraction of sp³-hybridized carbons (Fsp3) is 0.455. The lowest BCUT2D eigenvalue weighted by Gasteiger charge is -2.10. The van der Waals surface area contributed by atoms with E-state index in [1.807, 2.05) is 26.1 Å². The van der Waals surface area contributed by atoms with E-state index in [0.717, 1.165) is 23.4 Å². The molecule has 0 aromatic carbocycles. The summed E-state index contributed by atoms with van der Waals surface area (Å²) in [5.41, 5.74) is 1.88. The standard InChI is InChI=1S/C11H16N4O/c1-3-9(16)7-13-11-10-6-8(2)14-15(10)5-4-12-11/h4-6,9,16H,3,7H2,1-2H3,(H,12,13). The number of nitrogens with one attached hydrogen (secondary N) is 1. The number of aliphatic hydroxyl groups excluding tert-OH is 1. The number of anilines is 1. The first-order valence-electron chi connectivity index (χ1n) is 5.43. The molecule has 5 nitrogen and oxygen atoms in total. The fourth-order valence-electron chi connectivity index (χ4n) is 1.54. The van der Waals surface area contributed by atoms with Crippen LogP contribution in [0.3, 0.4) is 0 Å². The third kappa shape index (κ3) is 2.14. The Bertz CT molecular complexity index is 480. The number of hydrogen-bond donors (Lipinski definition) is 2. The van der Waals surface area contributed by atoms with E-state index in [2.05, 4.69) is 15.4 Å². The van der Waals surface area contributed by atoms with Gasteiger partial charge in [0.15, 0.2) is 5.82 Å². The average Bonchev–Trinajstić information content (AvgIpc) is 2.66. The van der Waals surface area contributed by atoms with Crippen molar-refractivity contribution in [1.29, 1.82) is 0 Å². The van der Waals surface area contributed by atoms with Crippen LogP contribution in [0.2, 0.25) is 0 Å². The van der Waals surface area contributed by atoms with Crippen molar-refractivity contribution in [2.45, 2.75) is 26.4 Å². The first kappa shape index (κ1) is 10.9. The van der Waals surface area contributed by atoms with Crippen molar-refractivity contribution in [3.8, 4) is 0 Å². The van der Waals surface area contributed by atoms with E-state index in [9.17, 15) is 5.11 Å². The minimum absolute atomic E-state index is 0.342. The third-order valence-electron chi connectivity index (χ3n) is 2.49. The molecular weight excluding hydrogens is 204 g/mol. The Morgan fingerprint density at radius 1 is 1.56 bits per heavy atom.